The molecule has 2 amide bonds. The average Bonchev–Trinajstić information content (AvgIpc) is 3.38. The Balaban J connectivity index is 1.40. The van der Waals surface area contributed by atoms with E-state index in [1.807, 2.05) is 12.1 Å². The summed E-state index contributed by atoms with van der Waals surface area (Å²) >= 11 is 12.4. The van der Waals surface area contributed by atoms with E-state index in [4.69, 9.17) is 28.9 Å². The Kier molecular flexibility index (Phi) is 5.07. The number of hydrogen-bond donors (Lipinski definition) is 1. The van der Waals surface area contributed by atoms with Gasteiger partial charge in [0.2, 0.25) is 0 Å². The lowest BCUT2D eigenvalue weighted by Gasteiger charge is -2.25. The highest BCUT2D eigenvalue weighted by molar-refractivity contribution is 6.33. The number of primary amides is 1. The number of carbonyl (C=O) groups excluding carboxylic acids is 2. The Bertz CT molecular complexity index is 931. The summed E-state index contributed by atoms with van der Waals surface area (Å²) in [7, 11) is 0. The Morgan fingerprint density at radius 2 is 1.93 bits per heavy atom. The molecule has 4 rings (SSSR count). The molecule has 2 fully saturated rings. The largest absolute Gasteiger partial charge is 0.364 e. The molecular formula is C19H21Cl2N5O2. The van der Waals surface area contributed by atoms with Gasteiger partial charge < -0.3 is 10.6 Å². The van der Waals surface area contributed by atoms with Gasteiger partial charge >= 0.3 is 6.03 Å². The van der Waals surface area contributed by atoms with Crippen LogP contribution in [-0.2, 0) is 6.54 Å². The number of nitrogens with two attached hydrogens (primary N) is 1. The summed E-state index contributed by atoms with van der Waals surface area (Å²) in [5.74, 6) is -0.643. The first-order chi connectivity index (χ1) is 13.3. The van der Waals surface area contributed by atoms with Gasteiger partial charge in [0, 0.05) is 47.8 Å². The third kappa shape index (κ3) is 3.74. The minimum absolute atomic E-state index is 0.0837. The zero-order chi connectivity index (χ0) is 19.9. The third-order valence-corrected chi connectivity index (χ3v) is 6.27. The van der Waals surface area contributed by atoms with E-state index in [1.165, 1.54) is 16.9 Å². The molecule has 9 heteroatoms. The minimum atomic E-state index is -0.643. The van der Waals surface area contributed by atoms with E-state index in [9.17, 15) is 9.59 Å². The van der Waals surface area contributed by atoms with Crippen LogP contribution in [0.1, 0.15) is 28.9 Å². The summed E-state index contributed by atoms with van der Waals surface area (Å²) < 4.78 is 1.19. The molecule has 0 aliphatic carbocycles. The van der Waals surface area contributed by atoms with Gasteiger partial charge in [0.1, 0.15) is 0 Å². The Morgan fingerprint density at radius 3 is 2.68 bits per heavy atom. The van der Waals surface area contributed by atoms with Crippen molar-refractivity contribution in [2.45, 2.75) is 19.4 Å². The van der Waals surface area contributed by atoms with Crippen molar-refractivity contribution in [2.24, 2.45) is 11.1 Å². The molecule has 1 aromatic carbocycles. The number of rotatable bonds is 3. The van der Waals surface area contributed by atoms with E-state index in [-0.39, 0.29) is 17.1 Å². The quantitative estimate of drug-likeness (QED) is 0.825. The van der Waals surface area contributed by atoms with Gasteiger partial charge in [-0.3, -0.25) is 9.69 Å². The predicted octanol–water partition coefficient (Wildman–Crippen LogP) is 2.85. The monoisotopic (exact) mass is 421 g/mol. The fourth-order valence-corrected chi connectivity index (χ4v) is 4.58. The first kappa shape index (κ1) is 19.2. The van der Waals surface area contributed by atoms with Crippen molar-refractivity contribution < 1.29 is 9.59 Å². The van der Waals surface area contributed by atoms with Crippen LogP contribution >= 0.6 is 23.2 Å². The molecule has 1 unspecified atom stereocenters. The molecule has 0 radical (unpaired) electrons. The maximum atomic E-state index is 12.7. The normalized spacial score (nSPS) is 22.3. The molecule has 2 aliphatic rings. The summed E-state index contributed by atoms with van der Waals surface area (Å²) in [5.41, 5.74) is 6.41. The van der Waals surface area contributed by atoms with Crippen molar-refractivity contribution >= 4 is 35.1 Å². The molecule has 0 bridgehead atoms. The molecule has 0 saturated carbocycles. The molecule has 28 heavy (non-hydrogen) atoms. The first-order valence-corrected chi connectivity index (χ1v) is 9.92. The number of hydrogen-bond acceptors (Lipinski definition) is 4. The second-order valence-electron chi connectivity index (χ2n) is 7.66. The molecule has 1 atom stereocenters. The number of likely N-dealkylation sites (tertiary alicyclic amines) is 2. The fourth-order valence-electron chi connectivity index (χ4n) is 4.21. The zero-order valence-electron chi connectivity index (χ0n) is 15.3. The standard InChI is InChI=1S/C19H21Cl2N5O2/c20-14-1-2-15(21)13(9-14)10-24-7-4-19(11-24)5-8-25(12-19)18(28)26-6-3-16(23-26)17(22)27/h1-3,6,9H,4-5,7-8,10-12H2,(H2,22,27). The first-order valence-electron chi connectivity index (χ1n) is 9.16. The van der Waals surface area contributed by atoms with Crippen LogP contribution in [0, 0.1) is 5.41 Å². The van der Waals surface area contributed by atoms with Crippen LogP contribution in [0.25, 0.3) is 0 Å². The van der Waals surface area contributed by atoms with Crippen LogP contribution in [0.2, 0.25) is 10.0 Å². The molecule has 7 nitrogen and oxygen atoms in total. The van der Waals surface area contributed by atoms with Gasteiger partial charge in [-0.15, -0.1) is 0 Å². The van der Waals surface area contributed by atoms with E-state index in [0.29, 0.717) is 18.1 Å². The fraction of sp³-hybridized carbons (Fsp3) is 0.421. The van der Waals surface area contributed by atoms with Crippen molar-refractivity contribution in [3.8, 4) is 0 Å². The number of nitrogens with zero attached hydrogens (tertiary/aromatic N) is 4. The Hall–Kier alpha value is -2.09. The Morgan fingerprint density at radius 1 is 1.14 bits per heavy atom. The van der Waals surface area contributed by atoms with E-state index < -0.39 is 5.91 Å². The lowest BCUT2D eigenvalue weighted by Crippen LogP contribution is -2.36. The van der Waals surface area contributed by atoms with Crippen LogP contribution < -0.4 is 5.73 Å². The molecule has 2 aromatic rings. The highest BCUT2D eigenvalue weighted by atomic mass is 35.5. The second-order valence-corrected chi connectivity index (χ2v) is 8.50. The molecule has 148 valence electrons. The van der Waals surface area contributed by atoms with E-state index >= 15 is 0 Å². The molecule has 1 aromatic heterocycles. The molecule has 2 aliphatic heterocycles. The number of carbonyl (C=O) groups is 2. The Labute approximate surface area is 173 Å². The van der Waals surface area contributed by atoms with E-state index in [2.05, 4.69) is 10.00 Å². The second kappa shape index (κ2) is 7.39. The van der Waals surface area contributed by atoms with Gasteiger partial charge in [-0.2, -0.15) is 9.78 Å². The highest BCUT2D eigenvalue weighted by Crippen LogP contribution is 2.40. The highest BCUT2D eigenvalue weighted by Gasteiger charge is 2.45. The lowest BCUT2D eigenvalue weighted by molar-refractivity contribution is 0.0995. The van der Waals surface area contributed by atoms with Crippen molar-refractivity contribution in [3.63, 3.8) is 0 Å². The van der Waals surface area contributed by atoms with Crippen LogP contribution in [0.5, 0.6) is 0 Å². The van der Waals surface area contributed by atoms with Crippen molar-refractivity contribution in [3.05, 3.63) is 51.8 Å². The number of benzene rings is 1. The van der Waals surface area contributed by atoms with Gasteiger partial charge in [-0.25, -0.2) is 4.79 Å². The van der Waals surface area contributed by atoms with Gasteiger partial charge in [-0.05, 0) is 49.2 Å². The number of aromatic nitrogens is 2. The molecular weight excluding hydrogens is 401 g/mol. The number of amides is 2. The summed E-state index contributed by atoms with van der Waals surface area (Å²) in [5, 5.41) is 5.37. The zero-order valence-corrected chi connectivity index (χ0v) is 16.8. The van der Waals surface area contributed by atoms with Crippen molar-refractivity contribution in [1.82, 2.24) is 19.6 Å². The topological polar surface area (TPSA) is 84.5 Å². The summed E-state index contributed by atoms with van der Waals surface area (Å²) in [6.07, 6.45) is 3.46. The van der Waals surface area contributed by atoms with E-state index in [1.54, 1.807) is 11.0 Å². The minimum Gasteiger partial charge on any atom is -0.364 e. The van der Waals surface area contributed by atoms with Gasteiger partial charge in [-0.1, -0.05) is 23.2 Å². The smallest absolute Gasteiger partial charge is 0.344 e. The predicted molar refractivity (Wildman–Crippen MR) is 107 cm³/mol. The van der Waals surface area contributed by atoms with Crippen LogP contribution in [0.3, 0.4) is 0 Å². The lowest BCUT2D eigenvalue weighted by atomic mass is 9.86. The molecule has 1 spiro atoms. The molecule has 2 saturated heterocycles. The van der Waals surface area contributed by atoms with Gasteiger partial charge in [0.15, 0.2) is 5.69 Å². The average molecular weight is 422 g/mol. The van der Waals surface area contributed by atoms with Crippen LogP contribution in [-0.4, -0.2) is 57.7 Å². The van der Waals surface area contributed by atoms with Gasteiger partial charge in [0.25, 0.3) is 5.91 Å². The number of halogens is 2. The summed E-state index contributed by atoms with van der Waals surface area (Å²) in [6.45, 7) is 3.97. The van der Waals surface area contributed by atoms with Crippen molar-refractivity contribution in [2.75, 3.05) is 26.2 Å². The van der Waals surface area contributed by atoms with Crippen LogP contribution in [0.15, 0.2) is 30.5 Å². The molecule has 2 N–H and O–H groups in total. The maximum absolute atomic E-state index is 12.7. The van der Waals surface area contributed by atoms with Gasteiger partial charge in [0.05, 0.1) is 0 Å². The summed E-state index contributed by atoms with van der Waals surface area (Å²) in [4.78, 5) is 28.1. The van der Waals surface area contributed by atoms with E-state index in [0.717, 1.165) is 43.1 Å². The van der Waals surface area contributed by atoms with Crippen LogP contribution in [0.4, 0.5) is 4.79 Å². The summed E-state index contributed by atoms with van der Waals surface area (Å²) in [6, 6.07) is 6.76. The molecule has 3 heterocycles. The SMILES string of the molecule is NC(=O)c1ccn(C(=O)N2CCC3(CCN(Cc4cc(Cl)ccc4Cl)C3)C2)n1. The van der Waals surface area contributed by atoms with Crippen molar-refractivity contribution in [1.29, 1.82) is 0 Å². The third-order valence-electron chi connectivity index (χ3n) is 5.67. The maximum Gasteiger partial charge on any atom is 0.344 e.